The number of aromatic nitrogens is 2. The van der Waals surface area contributed by atoms with Gasteiger partial charge >= 0.3 is 0 Å². The van der Waals surface area contributed by atoms with E-state index in [2.05, 4.69) is 16.5 Å². The summed E-state index contributed by atoms with van der Waals surface area (Å²) in [6, 6.07) is 0. The third-order valence-corrected chi connectivity index (χ3v) is 1.18. The molecule has 0 saturated heterocycles. The molecule has 0 unspecified atom stereocenters. The van der Waals surface area contributed by atoms with Crippen LogP contribution in [0.2, 0.25) is 0 Å². The lowest BCUT2D eigenvalue weighted by Gasteiger charge is -2.02. The van der Waals surface area contributed by atoms with Gasteiger partial charge in [-0.3, -0.25) is 0 Å². The molecular weight excluding hydrogens is 142 g/mol. The Morgan fingerprint density at radius 1 is 1.45 bits per heavy atom. The highest BCUT2D eigenvalue weighted by Crippen LogP contribution is 2.12. The highest BCUT2D eigenvalue weighted by atomic mass is 15.0. The molecule has 0 amide bonds. The average Bonchev–Trinajstić information content (AvgIpc) is 1.85. The summed E-state index contributed by atoms with van der Waals surface area (Å²) in [5, 5.41) is 0. The third-order valence-electron chi connectivity index (χ3n) is 1.18. The molecule has 1 aromatic heterocycles. The first-order valence-electron chi connectivity index (χ1n) is 2.94. The summed E-state index contributed by atoms with van der Waals surface area (Å²) in [5.41, 5.74) is 16.9. The Labute approximate surface area is 63.9 Å². The summed E-state index contributed by atoms with van der Waals surface area (Å²) in [6.07, 6.45) is 1.44. The Morgan fingerprint density at radius 2 is 2.09 bits per heavy atom. The van der Waals surface area contributed by atoms with Crippen LogP contribution in [0.3, 0.4) is 0 Å². The molecule has 0 aromatic carbocycles. The second-order valence-corrected chi connectivity index (χ2v) is 2.05. The minimum Gasteiger partial charge on any atom is -0.399 e. The lowest BCUT2D eigenvalue weighted by Crippen LogP contribution is -2.05. The number of hydrogen-bond acceptors (Lipinski definition) is 5. The van der Waals surface area contributed by atoms with Gasteiger partial charge in [0.2, 0.25) is 5.95 Å². The summed E-state index contributed by atoms with van der Waals surface area (Å²) >= 11 is 0. The molecule has 0 saturated carbocycles. The van der Waals surface area contributed by atoms with Crippen molar-refractivity contribution in [2.45, 2.75) is 0 Å². The Kier molecular flexibility index (Phi) is 1.63. The van der Waals surface area contributed by atoms with Gasteiger partial charge in [-0.05, 0) is 0 Å². The molecule has 6 N–H and O–H groups in total. The molecule has 0 fully saturated rings. The van der Waals surface area contributed by atoms with Gasteiger partial charge in [0, 0.05) is 11.9 Å². The monoisotopic (exact) mass is 151 g/mol. The lowest BCUT2D eigenvalue weighted by molar-refractivity contribution is 1.18. The molecule has 0 spiro atoms. The van der Waals surface area contributed by atoms with Crippen molar-refractivity contribution in [3.8, 4) is 0 Å². The Balaban J connectivity index is 3.20. The molecule has 0 atom stereocenters. The van der Waals surface area contributed by atoms with E-state index in [0.29, 0.717) is 11.3 Å². The van der Waals surface area contributed by atoms with Crippen LogP contribution in [-0.2, 0) is 0 Å². The van der Waals surface area contributed by atoms with Crippen LogP contribution in [0, 0.1) is 0 Å². The molecule has 0 aliphatic carbocycles. The van der Waals surface area contributed by atoms with Gasteiger partial charge in [0.05, 0.1) is 5.56 Å². The molecule has 0 aliphatic heterocycles. The van der Waals surface area contributed by atoms with Crippen molar-refractivity contribution in [1.29, 1.82) is 0 Å². The van der Waals surface area contributed by atoms with Crippen LogP contribution >= 0.6 is 0 Å². The van der Waals surface area contributed by atoms with E-state index in [9.17, 15) is 0 Å². The molecule has 5 heteroatoms. The van der Waals surface area contributed by atoms with E-state index in [1.54, 1.807) is 0 Å². The van der Waals surface area contributed by atoms with Gasteiger partial charge in [0.15, 0.2) is 0 Å². The predicted octanol–water partition coefficient (Wildman–Crippen LogP) is -0.430. The minimum atomic E-state index is 0.132. The maximum absolute atomic E-state index is 5.45. The van der Waals surface area contributed by atoms with E-state index in [1.807, 2.05) is 0 Å². The van der Waals surface area contributed by atoms with Crippen molar-refractivity contribution in [2.24, 2.45) is 5.73 Å². The van der Waals surface area contributed by atoms with Gasteiger partial charge in [-0.15, -0.1) is 0 Å². The molecule has 1 heterocycles. The summed E-state index contributed by atoms with van der Waals surface area (Å²) in [4.78, 5) is 7.41. The largest absolute Gasteiger partial charge is 0.399 e. The highest BCUT2D eigenvalue weighted by Gasteiger charge is 2.01. The van der Waals surface area contributed by atoms with E-state index in [-0.39, 0.29) is 11.8 Å². The standard InChI is InChI=1S/C6H9N5/c1-3(7)4-2-10-6(9)11-5(4)8/h2H,1,7H2,(H4,8,9,10,11). The van der Waals surface area contributed by atoms with Crippen LogP contribution in [0.4, 0.5) is 11.8 Å². The van der Waals surface area contributed by atoms with E-state index >= 15 is 0 Å². The van der Waals surface area contributed by atoms with Crippen molar-refractivity contribution in [2.75, 3.05) is 11.5 Å². The molecule has 11 heavy (non-hydrogen) atoms. The van der Waals surface area contributed by atoms with E-state index in [1.165, 1.54) is 6.20 Å². The number of nitrogen functional groups attached to an aromatic ring is 2. The van der Waals surface area contributed by atoms with Gasteiger partial charge in [0.1, 0.15) is 5.82 Å². The maximum Gasteiger partial charge on any atom is 0.221 e. The first kappa shape index (κ1) is 7.33. The predicted molar refractivity (Wildman–Crippen MR) is 44.1 cm³/mol. The van der Waals surface area contributed by atoms with Crippen molar-refractivity contribution in [3.05, 3.63) is 18.3 Å². The zero-order valence-electron chi connectivity index (χ0n) is 5.91. The van der Waals surface area contributed by atoms with E-state index < -0.39 is 0 Å². The van der Waals surface area contributed by atoms with Crippen molar-refractivity contribution < 1.29 is 0 Å². The van der Waals surface area contributed by atoms with Crippen molar-refractivity contribution in [1.82, 2.24) is 9.97 Å². The SMILES string of the molecule is C=C(N)c1cnc(N)nc1N. The van der Waals surface area contributed by atoms with Crippen LogP contribution in [-0.4, -0.2) is 9.97 Å². The average molecular weight is 151 g/mol. The van der Waals surface area contributed by atoms with E-state index in [0.717, 1.165) is 0 Å². The van der Waals surface area contributed by atoms with Crippen LogP contribution in [0.5, 0.6) is 0 Å². The molecule has 5 nitrogen and oxygen atoms in total. The van der Waals surface area contributed by atoms with Gasteiger partial charge in [-0.25, -0.2) is 4.98 Å². The normalized spacial score (nSPS) is 9.45. The van der Waals surface area contributed by atoms with Gasteiger partial charge in [-0.1, -0.05) is 6.58 Å². The zero-order valence-corrected chi connectivity index (χ0v) is 5.91. The van der Waals surface area contributed by atoms with Crippen LogP contribution in [0.15, 0.2) is 12.8 Å². The molecular formula is C6H9N5. The van der Waals surface area contributed by atoms with Crippen molar-refractivity contribution in [3.63, 3.8) is 0 Å². The first-order valence-corrected chi connectivity index (χ1v) is 2.94. The molecule has 1 rings (SSSR count). The Morgan fingerprint density at radius 3 is 2.55 bits per heavy atom. The first-order chi connectivity index (χ1) is 5.11. The minimum absolute atomic E-state index is 0.132. The fraction of sp³-hybridized carbons (Fsp3) is 0. The quantitative estimate of drug-likeness (QED) is 0.505. The highest BCUT2D eigenvalue weighted by molar-refractivity contribution is 5.68. The second kappa shape index (κ2) is 2.45. The molecule has 0 bridgehead atoms. The summed E-state index contributed by atoms with van der Waals surface area (Å²) < 4.78 is 0. The summed E-state index contributed by atoms with van der Waals surface area (Å²) in [7, 11) is 0. The number of nitrogens with zero attached hydrogens (tertiary/aromatic N) is 2. The fourth-order valence-corrected chi connectivity index (χ4v) is 0.657. The number of hydrogen-bond donors (Lipinski definition) is 3. The molecule has 0 aliphatic rings. The molecule has 58 valence electrons. The van der Waals surface area contributed by atoms with Gasteiger partial charge < -0.3 is 17.2 Å². The van der Waals surface area contributed by atoms with E-state index in [4.69, 9.17) is 17.2 Å². The van der Waals surface area contributed by atoms with Crippen LogP contribution in [0.1, 0.15) is 5.56 Å². The van der Waals surface area contributed by atoms with Crippen LogP contribution in [0.25, 0.3) is 5.70 Å². The zero-order chi connectivity index (χ0) is 8.43. The number of anilines is 2. The van der Waals surface area contributed by atoms with Gasteiger partial charge in [0.25, 0.3) is 0 Å². The summed E-state index contributed by atoms with van der Waals surface area (Å²) in [6.45, 7) is 3.49. The second-order valence-electron chi connectivity index (χ2n) is 2.05. The Bertz CT molecular complexity index is 293. The van der Waals surface area contributed by atoms with Crippen LogP contribution < -0.4 is 17.2 Å². The third kappa shape index (κ3) is 1.37. The number of nitrogens with two attached hydrogens (primary N) is 3. The fourth-order valence-electron chi connectivity index (χ4n) is 0.657. The van der Waals surface area contributed by atoms with Gasteiger partial charge in [-0.2, -0.15) is 4.98 Å². The number of rotatable bonds is 1. The smallest absolute Gasteiger partial charge is 0.221 e. The maximum atomic E-state index is 5.45. The van der Waals surface area contributed by atoms with Crippen molar-refractivity contribution >= 4 is 17.5 Å². The molecule has 1 aromatic rings. The lowest BCUT2D eigenvalue weighted by atomic mass is 10.2. The summed E-state index contributed by atoms with van der Waals surface area (Å²) in [5.74, 6) is 0.387. The molecule has 0 radical (unpaired) electrons. The topological polar surface area (TPSA) is 104 Å². The Hall–Kier alpha value is -1.78.